The highest BCUT2D eigenvalue weighted by Gasteiger charge is 2.12. The third kappa shape index (κ3) is 2.92. The van der Waals surface area contributed by atoms with Crippen molar-refractivity contribution in [2.75, 3.05) is 0 Å². The Morgan fingerprint density at radius 2 is 1.86 bits per heavy atom. The molecule has 0 unspecified atom stereocenters. The van der Waals surface area contributed by atoms with Crippen LogP contribution in [0.25, 0.3) is 11.5 Å². The molecule has 4 heteroatoms. The Morgan fingerprint density at radius 1 is 1.14 bits per heavy atom. The predicted molar refractivity (Wildman–Crippen MR) is 91.5 cm³/mol. The van der Waals surface area contributed by atoms with E-state index >= 15 is 0 Å². The second-order valence-electron chi connectivity index (χ2n) is 5.80. The topological polar surface area (TPSA) is 30.4 Å². The van der Waals surface area contributed by atoms with E-state index in [0.717, 1.165) is 21.9 Å². The summed E-state index contributed by atoms with van der Waals surface area (Å²) in [4.78, 5) is 5.85. The summed E-state index contributed by atoms with van der Waals surface area (Å²) in [6.07, 6.45) is 1.71. The lowest BCUT2D eigenvalue weighted by Gasteiger charge is -2.11. The van der Waals surface area contributed by atoms with Gasteiger partial charge in [0.15, 0.2) is 10.6 Å². The fourth-order valence-electron chi connectivity index (χ4n) is 2.63. The molecule has 3 aromatic rings. The number of hydrogen-bond donors (Lipinski definition) is 0. The minimum atomic E-state index is 0.316. The second kappa shape index (κ2) is 5.97. The molecule has 0 spiro atoms. The number of aryl methyl sites for hydroxylation is 2. The summed E-state index contributed by atoms with van der Waals surface area (Å²) in [5.41, 5.74) is 4.54. The zero-order valence-corrected chi connectivity index (χ0v) is 14.1. The number of furan rings is 1. The van der Waals surface area contributed by atoms with E-state index in [-0.39, 0.29) is 0 Å². The van der Waals surface area contributed by atoms with Crippen molar-refractivity contribution in [3.63, 3.8) is 0 Å². The highest BCUT2D eigenvalue weighted by Crippen LogP contribution is 2.24. The van der Waals surface area contributed by atoms with Gasteiger partial charge in [-0.2, -0.15) is 0 Å². The van der Waals surface area contributed by atoms with E-state index < -0.39 is 0 Å². The molecule has 0 fully saturated rings. The molecule has 1 aromatic carbocycles. The normalized spacial score (nSPS) is 12.3. The number of nitrogens with zero attached hydrogens (tertiary/aromatic N) is 2. The minimum Gasteiger partial charge on any atom is -0.463 e. The van der Waals surface area contributed by atoms with Gasteiger partial charge in [-0.05, 0) is 63.1 Å². The Labute approximate surface area is 134 Å². The van der Waals surface area contributed by atoms with Gasteiger partial charge in [-0.25, -0.2) is 4.99 Å². The van der Waals surface area contributed by atoms with Gasteiger partial charge in [-0.3, -0.25) is 0 Å². The van der Waals surface area contributed by atoms with Crippen LogP contribution in [0.15, 0.2) is 51.4 Å². The van der Waals surface area contributed by atoms with Crippen LogP contribution >= 0.6 is 11.3 Å². The second-order valence-corrected chi connectivity index (χ2v) is 6.64. The third-order valence-electron chi connectivity index (χ3n) is 3.46. The first-order valence-corrected chi connectivity index (χ1v) is 8.29. The summed E-state index contributed by atoms with van der Waals surface area (Å²) in [5, 5.41) is 2.11. The standard InChI is InChI=1S/C18H20N2OS/c1-12(2)20-16(17-6-5-7-21-17)11-22-18(20)19-15-9-13(3)8-14(4)10-15/h5-12H,1-4H3. The molecule has 0 amide bonds. The molecule has 0 aliphatic heterocycles. The number of benzene rings is 1. The van der Waals surface area contributed by atoms with Crippen LogP contribution in [-0.2, 0) is 0 Å². The van der Waals surface area contributed by atoms with Crippen molar-refractivity contribution in [3.05, 3.63) is 57.9 Å². The molecule has 0 radical (unpaired) electrons. The molecule has 22 heavy (non-hydrogen) atoms. The third-order valence-corrected chi connectivity index (χ3v) is 4.30. The van der Waals surface area contributed by atoms with Gasteiger partial charge in [0.05, 0.1) is 17.6 Å². The Kier molecular flexibility index (Phi) is 4.03. The number of thiazole rings is 1. The molecular formula is C18H20N2OS. The van der Waals surface area contributed by atoms with E-state index in [9.17, 15) is 0 Å². The molecule has 0 atom stereocenters. The maximum absolute atomic E-state index is 5.56. The summed E-state index contributed by atoms with van der Waals surface area (Å²) in [6.45, 7) is 8.54. The van der Waals surface area contributed by atoms with Crippen LogP contribution in [0.2, 0.25) is 0 Å². The minimum absolute atomic E-state index is 0.316. The molecule has 114 valence electrons. The first kappa shape index (κ1) is 14.9. The number of rotatable bonds is 3. The van der Waals surface area contributed by atoms with Crippen molar-refractivity contribution < 1.29 is 4.42 Å². The molecule has 0 N–H and O–H groups in total. The first-order valence-electron chi connectivity index (χ1n) is 7.41. The van der Waals surface area contributed by atoms with Crippen molar-refractivity contribution in [3.8, 4) is 11.5 Å². The van der Waals surface area contributed by atoms with Crippen LogP contribution in [0.4, 0.5) is 5.69 Å². The first-order chi connectivity index (χ1) is 10.5. The summed E-state index contributed by atoms with van der Waals surface area (Å²) in [5.74, 6) is 0.881. The largest absolute Gasteiger partial charge is 0.463 e. The molecule has 0 saturated heterocycles. The summed E-state index contributed by atoms with van der Waals surface area (Å²) in [7, 11) is 0. The lowest BCUT2D eigenvalue weighted by atomic mass is 10.1. The van der Waals surface area contributed by atoms with E-state index in [1.807, 2.05) is 12.1 Å². The Balaban J connectivity index is 2.17. The Hall–Kier alpha value is -2.07. The molecule has 0 bridgehead atoms. The smallest absolute Gasteiger partial charge is 0.190 e. The van der Waals surface area contributed by atoms with Crippen LogP contribution in [0.5, 0.6) is 0 Å². The molecule has 0 aliphatic rings. The Bertz CT molecular complexity index is 818. The van der Waals surface area contributed by atoms with Gasteiger partial charge in [0.2, 0.25) is 0 Å². The average molecular weight is 312 g/mol. The van der Waals surface area contributed by atoms with Crippen molar-refractivity contribution >= 4 is 17.0 Å². The van der Waals surface area contributed by atoms with Gasteiger partial charge < -0.3 is 8.98 Å². The fraction of sp³-hybridized carbons (Fsp3) is 0.278. The van der Waals surface area contributed by atoms with Crippen LogP contribution in [-0.4, -0.2) is 4.57 Å². The zero-order chi connectivity index (χ0) is 15.7. The predicted octanol–water partition coefficient (Wildman–Crippen LogP) is 5.24. The van der Waals surface area contributed by atoms with E-state index in [2.05, 4.69) is 55.8 Å². The average Bonchev–Trinajstić information content (AvgIpc) is 3.05. The molecule has 0 aliphatic carbocycles. The quantitative estimate of drug-likeness (QED) is 0.650. The van der Waals surface area contributed by atoms with Crippen LogP contribution in [0.3, 0.4) is 0 Å². The van der Waals surface area contributed by atoms with Gasteiger partial charge in [0.1, 0.15) is 0 Å². The Morgan fingerprint density at radius 3 is 2.45 bits per heavy atom. The number of hydrogen-bond acceptors (Lipinski definition) is 3. The lowest BCUT2D eigenvalue weighted by Crippen LogP contribution is -2.17. The van der Waals surface area contributed by atoms with E-state index in [1.165, 1.54) is 11.1 Å². The monoisotopic (exact) mass is 312 g/mol. The van der Waals surface area contributed by atoms with Gasteiger partial charge in [0, 0.05) is 11.4 Å². The molecule has 3 nitrogen and oxygen atoms in total. The molecule has 2 heterocycles. The molecule has 2 aromatic heterocycles. The van der Waals surface area contributed by atoms with Gasteiger partial charge >= 0.3 is 0 Å². The molecule has 0 saturated carbocycles. The maximum atomic E-state index is 5.56. The van der Waals surface area contributed by atoms with E-state index in [0.29, 0.717) is 6.04 Å². The molecular weight excluding hydrogens is 292 g/mol. The zero-order valence-electron chi connectivity index (χ0n) is 13.3. The maximum Gasteiger partial charge on any atom is 0.190 e. The number of aromatic nitrogens is 1. The van der Waals surface area contributed by atoms with Gasteiger partial charge in [-0.15, -0.1) is 11.3 Å². The summed E-state index contributed by atoms with van der Waals surface area (Å²) >= 11 is 1.65. The van der Waals surface area contributed by atoms with E-state index in [4.69, 9.17) is 9.41 Å². The lowest BCUT2D eigenvalue weighted by molar-refractivity contribution is 0.548. The van der Waals surface area contributed by atoms with Crippen molar-refractivity contribution in [1.29, 1.82) is 0 Å². The van der Waals surface area contributed by atoms with Gasteiger partial charge in [0.25, 0.3) is 0 Å². The highest BCUT2D eigenvalue weighted by atomic mass is 32.1. The van der Waals surface area contributed by atoms with Crippen LogP contribution < -0.4 is 4.80 Å². The molecule has 3 rings (SSSR count). The summed E-state index contributed by atoms with van der Waals surface area (Å²) < 4.78 is 7.78. The van der Waals surface area contributed by atoms with E-state index in [1.54, 1.807) is 17.6 Å². The van der Waals surface area contributed by atoms with Crippen molar-refractivity contribution in [1.82, 2.24) is 4.57 Å². The highest BCUT2D eigenvalue weighted by molar-refractivity contribution is 7.07. The van der Waals surface area contributed by atoms with Gasteiger partial charge in [-0.1, -0.05) is 6.07 Å². The van der Waals surface area contributed by atoms with Crippen molar-refractivity contribution in [2.24, 2.45) is 4.99 Å². The van der Waals surface area contributed by atoms with Crippen LogP contribution in [0.1, 0.15) is 31.0 Å². The van der Waals surface area contributed by atoms with Crippen molar-refractivity contribution in [2.45, 2.75) is 33.7 Å². The SMILES string of the molecule is Cc1cc(C)cc(N=c2scc(-c3ccco3)n2C(C)C)c1. The van der Waals surface area contributed by atoms with Crippen LogP contribution in [0, 0.1) is 13.8 Å². The summed E-state index contributed by atoms with van der Waals surface area (Å²) in [6, 6.07) is 10.6. The fourth-order valence-corrected chi connectivity index (χ4v) is 3.66.